The maximum atomic E-state index is 13.6. The minimum Gasteiger partial charge on any atom is -0.396 e. The Hall–Kier alpha value is -1.69. The van der Waals surface area contributed by atoms with Crippen molar-refractivity contribution in [2.75, 3.05) is 26.2 Å². The van der Waals surface area contributed by atoms with E-state index in [4.69, 9.17) is 0 Å². The minimum atomic E-state index is -0.433. The Kier molecular flexibility index (Phi) is 10.1. The van der Waals surface area contributed by atoms with Crippen LogP contribution >= 0.6 is 0 Å². The van der Waals surface area contributed by atoms with Crippen molar-refractivity contribution in [2.45, 2.75) is 40.0 Å². The summed E-state index contributed by atoms with van der Waals surface area (Å²) in [5, 5.41) is 15.5. The third kappa shape index (κ3) is 8.82. The zero-order chi connectivity index (χ0) is 18.7. The SMILES string of the molecule is CCNC(=NCC(CCO)CC(C)C)NCCc1cc(F)ccc1F. The lowest BCUT2D eigenvalue weighted by atomic mass is 9.94. The van der Waals surface area contributed by atoms with Crippen LogP contribution in [0, 0.1) is 23.5 Å². The van der Waals surface area contributed by atoms with Gasteiger partial charge in [-0.15, -0.1) is 0 Å². The summed E-state index contributed by atoms with van der Waals surface area (Å²) in [6.45, 7) is 8.26. The third-order valence-corrected chi connectivity index (χ3v) is 3.89. The van der Waals surface area contributed by atoms with Gasteiger partial charge in [-0.3, -0.25) is 4.99 Å². The molecule has 0 radical (unpaired) electrons. The molecule has 0 bridgehead atoms. The highest BCUT2D eigenvalue weighted by atomic mass is 19.1. The molecular formula is C19H31F2N3O. The number of hydrogen-bond donors (Lipinski definition) is 3. The van der Waals surface area contributed by atoms with Crippen LogP contribution in [-0.2, 0) is 6.42 Å². The van der Waals surface area contributed by atoms with Crippen LogP contribution in [0.4, 0.5) is 8.78 Å². The Labute approximate surface area is 149 Å². The largest absolute Gasteiger partial charge is 0.396 e. The lowest BCUT2D eigenvalue weighted by molar-refractivity contribution is 0.245. The Morgan fingerprint density at radius 1 is 1.24 bits per heavy atom. The molecule has 0 spiro atoms. The van der Waals surface area contributed by atoms with Gasteiger partial charge in [0.2, 0.25) is 0 Å². The predicted octanol–water partition coefficient (Wildman–Crippen LogP) is 3.11. The van der Waals surface area contributed by atoms with Gasteiger partial charge in [0.25, 0.3) is 0 Å². The van der Waals surface area contributed by atoms with Gasteiger partial charge in [0, 0.05) is 26.2 Å². The number of aliphatic hydroxyl groups excluding tert-OH is 1. The molecule has 0 saturated carbocycles. The Balaban J connectivity index is 2.58. The summed E-state index contributed by atoms with van der Waals surface area (Å²) in [5.41, 5.74) is 0.348. The van der Waals surface area contributed by atoms with Crippen LogP contribution in [-0.4, -0.2) is 37.3 Å². The second-order valence-corrected chi connectivity index (χ2v) is 6.64. The Bertz CT molecular complexity index is 535. The van der Waals surface area contributed by atoms with E-state index in [1.807, 2.05) is 6.92 Å². The molecule has 1 aromatic rings. The third-order valence-electron chi connectivity index (χ3n) is 3.89. The van der Waals surface area contributed by atoms with Crippen LogP contribution in [0.25, 0.3) is 0 Å². The summed E-state index contributed by atoms with van der Waals surface area (Å²) in [7, 11) is 0. The van der Waals surface area contributed by atoms with Gasteiger partial charge in [-0.05, 0) is 61.8 Å². The van der Waals surface area contributed by atoms with E-state index < -0.39 is 11.6 Å². The molecular weight excluding hydrogens is 324 g/mol. The lowest BCUT2D eigenvalue weighted by Gasteiger charge is -2.17. The second kappa shape index (κ2) is 11.8. The molecule has 4 nitrogen and oxygen atoms in total. The first kappa shape index (κ1) is 21.4. The van der Waals surface area contributed by atoms with E-state index in [0.29, 0.717) is 42.9 Å². The topological polar surface area (TPSA) is 56.7 Å². The molecule has 0 aromatic heterocycles. The van der Waals surface area contributed by atoms with E-state index in [2.05, 4.69) is 29.5 Å². The van der Waals surface area contributed by atoms with Gasteiger partial charge in [-0.1, -0.05) is 13.8 Å². The van der Waals surface area contributed by atoms with Crippen LogP contribution in [0.2, 0.25) is 0 Å². The van der Waals surface area contributed by atoms with Crippen molar-refractivity contribution in [3.63, 3.8) is 0 Å². The fourth-order valence-corrected chi connectivity index (χ4v) is 2.75. The van der Waals surface area contributed by atoms with E-state index in [9.17, 15) is 13.9 Å². The monoisotopic (exact) mass is 355 g/mol. The number of guanidine groups is 1. The van der Waals surface area contributed by atoms with Crippen molar-refractivity contribution in [1.29, 1.82) is 0 Å². The molecule has 1 rings (SSSR count). The summed E-state index contributed by atoms with van der Waals surface area (Å²) in [5.74, 6) is 0.716. The summed E-state index contributed by atoms with van der Waals surface area (Å²) in [4.78, 5) is 4.57. The van der Waals surface area contributed by atoms with Crippen LogP contribution in [0.1, 0.15) is 39.2 Å². The lowest BCUT2D eigenvalue weighted by Crippen LogP contribution is -2.38. The van der Waals surface area contributed by atoms with Gasteiger partial charge in [0.15, 0.2) is 5.96 Å². The van der Waals surface area contributed by atoms with Gasteiger partial charge >= 0.3 is 0 Å². The molecule has 0 heterocycles. The van der Waals surface area contributed by atoms with Crippen molar-refractivity contribution in [3.05, 3.63) is 35.4 Å². The van der Waals surface area contributed by atoms with E-state index in [1.54, 1.807) is 0 Å². The number of halogens is 2. The average Bonchev–Trinajstić information content (AvgIpc) is 2.55. The molecule has 25 heavy (non-hydrogen) atoms. The minimum absolute atomic E-state index is 0.162. The van der Waals surface area contributed by atoms with Crippen LogP contribution in [0.3, 0.4) is 0 Å². The predicted molar refractivity (Wildman–Crippen MR) is 98.7 cm³/mol. The second-order valence-electron chi connectivity index (χ2n) is 6.64. The maximum Gasteiger partial charge on any atom is 0.191 e. The molecule has 3 N–H and O–H groups in total. The van der Waals surface area contributed by atoms with E-state index in [0.717, 1.165) is 31.5 Å². The highest BCUT2D eigenvalue weighted by Crippen LogP contribution is 2.15. The zero-order valence-corrected chi connectivity index (χ0v) is 15.5. The van der Waals surface area contributed by atoms with E-state index in [1.165, 1.54) is 6.07 Å². The van der Waals surface area contributed by atoms with E-state index in [-0.39, 0.29) is 6.61 Å². The maximum absolute atomic E-state index is 13.6. The number of aliphatic hydroxyl groups is 1. The van der Waals surface area contributed by atoms with Gasteiger partial charge < -0.3 is 15.7 Å². The number of benzene rings is 1. The summed E-state index contributed by atoms with van der Waals surface area (Å²) < 4.78 is 26.8. The Morgan fingerprint density at radius 3 is 2.64 bits per heavy atom. The molecule has 0 aliphatic rings. The van der Waals surface area contributed by atoms with Crippen molar-refractivity contribution < 1.29 is 13.9 Å². The molecule has 1 unspecified atom stereocenters. The average molecular weight is 355 g/mol. The number of rotatable bonds is 10. The van der Waals surface area contributed by atoms with Crippen molar-refractivity contribution in [1.82, 2.24) is 10.6 Å². The standard InChI is InChI=1S/C19H31F2N3O/c1-4-22-19(24-13-15(8-10-25)11-14(2)3)23-9-7-16-12-17(20)5-6-18(16)21/h5-6,12,14-15,25H,4,7-11,13H2,1-3H3,(H2,22,23,24). The fourth-order valence-electron chi connectivity index (χ4n) is 2.75. The Morgan fingerprint density at radius 2 is 2.00 bits per heavy atom. The van der Waals surface area contributed by atoms with Crippen LogP contribution in [0.5, 0.6) is 0 Å². The first-order chi connectivity index (χ1) is 12.0. The van der Waals surface area contributed by atoms with E-state index >= 15 is 0 Å². The molecule has 0 fully saturated rings. The highest BCUT2D eigenvalue weighted by Gasteiger charge is 2.11. The van der Waals surface area contributed by atoms with Gasteiger partial charge in [0.1, 0.15) is 11.6 Å². The number of nitrogens with one attached hydrogen (secondary N) is 2. The molecule has 1 atom stereocenters. The van der Waals surface area contributed by atoms with Crippen molar-refractivity contribution >= 4 is 5.96 Å². The molecule has 0 saturated heterocycles. The molecule has 0 amide bonds. The molecule has 6 heteroatoms. The van der Waals surface area contributed by atoms with Crippen LogP contribution in [0.15, 0.2) is 23.2 Å². The smallest absolute Gasteiger partial charge is 0.191 e. The summed E-state index contributed by atoms with van der Waals surface area (Å²) in [6.07, 6.45) is 2.12. The number of nitrogens with zero attached hydrogens (tertiary/aromatic N) is 1. The highest BCUT2D eigenvalue weighted by molar-refractivity contribution is 5.79. The van der Waals surface area contributed by atoms with Crippen molar-refractivity contribution in [3.8, 4) is 0 Å². The number of hydrogen-bond acceptors (Lipinski definition) is 2. The van der Waals surface area contributed by atoms with Crippen LogP contribution < -0.4 is 10.6 Å². The van der Waals surface area contributed by atoms with Gasteiger partial charge in [0.05, 0.1) is 0 Å². The summed E-state index contributed by atoms with van der Waals surface area (Å²) >= 11 is 0. The normalized spacial score (nSPS) is 13.2. The quantitative estimate of drug-likeness (QED) is 0.446. The first-order valence-corrected chi connectivity index (χ1v) is 9.03. The molecule has 0 aliphatic carbocycles. The molecule has 1 aromatic carbocycles. The molecule has 142 valence electrons. The van der Waals surface area contributed by atoms with Gasteiger partial charge in [-0.25, -0.2) is 8.78 Å². The van der Waals surface area contributed by atoms with Gasteiger partial charge in [-0.2, -0.15) is 0 Å². The van der Waals surface area contributed by atoms with Crippen molar-refractivity contribution in [2.24, 2.45) is 16.8 Å². The summed E-state index contributed by atoms with van der Waals surface area (Å²) in [6, 6.07) is 3.49. The molecule has 0 aliphatic heterocycles. The first-order valence-electron chi connectivity index (χ1n) is 9.03. The fraction of sp³-hybridized carbons (Fsp3) is 0.632. The number of aliphatic imine (C=N–C) groups is 1. The zero-order valence-electron chi connectivity index (χ0n) is 15.5.